The quantitative estimate of drug-likeness (QED) is 0.870. The number of amides is 1. The topological polar surface area (TPSA) is 59.0 Å². The average molecular weight is 315 g/mol. The zero-order valence-corrected chi connectivity index (χ0v) is 13.5. The third-order valence-electron chi connectivity index (χ3n) is 3.67. The first-order valence-corrected chi connectivity index (χ1v) is 7.69. The Kier molecular flexibility index (Phi) is 4.00. The van der Waals surface area contributed by atoms with Gasteiger partial charge in [-0.1, -0.05) is 36.4 Å². The van der Waals surface area contributed by atoms with E-state index in [4.69, 9.17) is 9.57 Å². The molecule has 2 aromatic carbocycles. The van der Waals surface area contributed by atoms with E-state index in [0.717, 1.165) is 21.4 Å². The van der Waals surface area contributed by atoms with Crippen molar-refractivity contribution in [1.29, 1.82) is 0 Å². The van der Waals surface area contributed by atoms with Crippen molar-refractivity contribution in [3.63, 3.8) is 0 Å². The second kappa shape index (κ2) is 5.83. The van der Waals surface area contributed by atoms with E-state index in [9.17, 15) is 9.90 Å². The van der Waals surface area contributed by atoms with Gasteiger partial charge in [0.25, 0.3) is 0 Å². The summed E-state index contributed by atoms with van der Waals surface area (Å²) < 4.78 is 5.36. The first-order valence-electron chi connectivity index (χ1n) is 7.69. The van der Waals surface area contributed by atoms with E-state index in [2.05, 4.69) is 0 Å². The van der Waals surface area contributed by atoms with E-state index in [1.54, 1.807) is 20.8 Å². The van der Waals surface area contributed by atoms with Crippen LogP contribution >= 0.6 is 0 Å². The number of ether oxygens (including phenoxy) is 1. The molecule has 0 bridgehead atoms. The molecule has 1 fully saturated rings. The van der Waals surface area contributed by atoms with Crippen LogP contribution in [0.5, 0.6) is 0 Å². The fraction of sp³-hybridized carbons (Fsp3) is 0.389. The highest BCUT2D eigenvalue weighted by atomic mass is 16.8. The van der Waals surface area contributed by atoms with Crippen molar-refractivity contribution in [3.8, 4) is 0 Å². The number of hydrogen-bond acceptors (Lipinski definition) is 4. The summed E-state index contributed by atoms with van der Waals surface area (Å²) in [5.41, 5.74) is 0.285. The van der Waals surface area contributed by atoms with Gasteiger partial charge in [-0.15, -0.1) is 0 Å². The van der Waals surface area contributed by atoms with Crippen molar-refractivity contribution in [1.82, 2.24) is 5.06 Å². The molecule has 0 unspecified atom stereocenters. The van der Waals surface area contributed by atoms with E-state index in [0.29, 0.717) is 6.42 Å². The molecule has 1 amide bonds. The summed E-state index contributed by atoms with van der Waals surface area (Å²) in [6, 6.07) is 13.6. The minimum atomic E-state index is -1.01. The summed E-state index contributed by atoms with van der Waals surface area (Å²) in [6.07, 6.45) is -1.29. The number of carbonyl (C=O) groups is 1. The minimum Gasteiger partial charge on any atom is -0.442 e. The summed E-state index contributed by atoms with van der Waals surface area (Å²) in [5, 5.41) is 13.2. The third kappa shape index (κ3) is 3.46. The van der Waals surface area contributed by atoms with E-state index in [1.807, 2.05) is 42.5 Å². The largest absolute Gasteiger partial charge is 0.442 e. The zero-order chi connectivity index (χ0) is 16.6. The molecular formula is C18H21NO4. The summed E-state index contributed by atoms with van der Waals surface area (Å²) in [7, 11) is 0. The van der Waals surface area contributed by atoms with Crippen molar-refractivity contribution in [2.45, 2.75) is 45.1 Å². The molecule has 122 valence electrons. The molecule has 5 heteroatoms. The minimum absolute atomic E-state index is 0.317. The lowest BCUT2D eigenvalue weighted by molar-refractivity contribution is -0.207. The summed E-state index contributed by atoms with van der Waals surface area (Å²) in [6.45, 7) is 5.38. The van der Waals surface area contributed by atoms with E-state index in [1.165, 1.54) is 0 Å². The third-order valence-corrected chi connectivity index (χ3v) is 3.67. The molecule has 23 heavy (non-hydrogen) atoms. The van der Waals surface area contributed by atoms with E-state index >= 15 is 0 Å². The highest BCUT2D eigenvalue weighted by Crippen LogP contribution is 2.35. The van der Waals surface area contributed by atoms with Crippen LogP contribution in [0.1, 0.15) is 38.8 Å². The maximum atomic E-state index is 12.3. The number of rotatable bonds is 1. The summed E-state index contributed by atoms with van der Waals surface area (Å²) in [4.78, 5) is 17.6. The van der Waals surface area contributed by atoms with Gasteiger partial charge < -0.3 is 9.84 Å². The van der Waals surface area contributed by atoms with Crippen molar-refractivity contribution in [2.24, 2.45) is 0 Å². The van der Waals surface area contributed by atoms with Crippen LogP contribution in [0.25, 0.3) is 10.8 Å². The van der Waals surface area contributed by atoms with Crippen LogP contribution in [0.2, 0.25) is 0 Å². The molecule has 0 aliphatic carbocycles. The molecule has 0 radical (unpaired) electrons. The van der Waals surface area contributed by atoms with Crippen LogP contribution < -0.4 is 0 Å². The molecule has 2 aromatic rings. The molecule has 0 spiro atoms. The molecule has 1 aliphatic rings. The van der Waals surface area contributed by atoms with Gasteiger partial charge in [-0.25, -0.2) is 9.63 Å². The Bertz CT molecular complexity index is 722. The number of hydroxylamine groups is 2. The predicted molar refractivity (Wildman–Crippen MR) is 86.5 cm³/mol. The number of carbonyl (C=O) groups excluding carboxylic acids is 1. The van der Waals surface area contributed by atoms with Crippen LogP contribution in [0.3, 0.4) is 0 Å². The molecule has 2 atom stereocenters. The molecule has 5 nitrogen and oxygen atoms in total. The lowest BCUT2D eigenvalue weighted by Gasteiger charge is -2.27. The van der Waals surface area contributed by atoms with Gasteiger partial charge in [0.1, 0.15) is 5.60 Å². The number of aliphatic hydroxyl groups excluding tert-OH is 1. The second-order valence-corrected chi connectivity index (χ2v) is 6.72. The molecule has 1 N–H and O–H groups in total. The SMILES string of the molecule is CC(C)(C)OC(=O)N1O[C@H](O)C[C@H]1c1ccc2ccccc2c1. The number of aliphatic hydroxyl groups is 1. The lowest BCUT2D eigenvalue weighted by atomic mass is 10.00. The van der Waals surface area contributed by atoms with E-state index in [-0.39, 0.29) is 6.04 Å². The maximum Gasteiger partial charge on any atom is 0.435 e. The predicted octanol–water partition coefficient (Wildman–Crippen LogP) is 3.77. The standard InChI is InChI=1S/C18H21NO4/c1-18(2,3)22-17(21)19-15(11-16(20)23-19)14-9-8-12-6-4-5-7-13(12)10-14/h4-10,15-16,20H,11H2,1-3H3/t15-,16-/m0/s1. The van der Waals surface area contributed by atoms with Crippen LogP contribution in [0.4, 0.5) is 4.79 Å². The van der Waals surface area contributed by atoms with Gasteiger partial charge in [0, 0.05) is 6.42 Å². The maximum absolute atomic E-state index is 12.3. The fourth-order valence-corrected chi connectivity index (χ4v) is 2.70. The molecule has 1 heterocycles. The van der Waals surface area contributed by atoms with E-state index < -0.39 is 18.0 Å². The summed E-state index contributed by atoms with van der Waals surface area (Å²) >= 11 is 0. The second-order valence-electron chi connectivity index (χ2n) is 6.72. The molecule has 3 rings (SSSR count). The van der Waals surface area contributed by atoms with Crippen molar-refractivity contribution >= 4 is 16.9 Å². The monoisotopic (exact) mass is 315 g/mol. The Morgan fingerprint density at radius 1 is 1.22 bits per heavy atom. The smallest absolute Gasteiger partial charge is 0.435 e. The number of nitrogens with zero attached hydrogens (tertiary/aromatic N) is 1. The first kappa shape index (κ1) is 15.8. The van der Waals surface area contributed by atoms with Gasteiger partial charge in [0.05, 0.1) is 6.04 Å². The van der Waals surface area contributed by atoms with Gasteiger partial charge in [0.2, 0.25) is 0 Å². The molecule has 1 saturated heterocycles. The number of benzene rings is 2. The van der Waals surface area contributed by atoms with Gasteiger partial charge in [-0.3, -0.25) is 0 Å². The van der Waals surface area contributed by atoms with Gasteiger partial charge in [-0.05, 0) is 43.2 Å². The molecule has 0 saturated carbocycles. The average Bonchev–Trinajstić information content (AvgIpc) is 2.87. The Hall–Kier alpha value is -2.11. The molecule has 0 aromatic heterocycles. The highest BCUT2D eigenvalue weighted by molar-refractivity contribution is 5.83. The van der Waals surface area contributed by atoms with Gasteiger partial charge in [-0.2, -0.15) is 5.06 Å². The van der Waals surface area contributed by atoms with Crippen LogP contribution in [0.15, 0.2) is 42.5 Å². The molecular weight excluding hydrogens is 294 g/mol. The Labute approximate surface area is 135 Å². The van der Waals surface area contributed by atoms with Crippen LogP contribution in [-0.4, -0.2) is 28.2 Å². The van der Waals surface area contributed by atoms with Gasteiger partial charge in [0.15, 0.2) is 6.29 Å². The number of hydrogen-bond donors (Lipinski definition) is 1. The Morgan fingerprint density at radius 2 is 1.91 bits per heavy atom. The van der Waals surface area contributed by atoms with Gasteiger partial charge >= 0.3 is 6.09 Å². The summed E-state index contributed by atoms with van der Waals surface area (Å²) in [5.74, 6) is 0. The highest BCUT2D eigenvalue weighted by Gasteiger charge is 2.39. The Balaban J connectivity index is 1.90. The Morgan fingerprint density at radius 3 is 2.61 bits per heavy atom. The lowest BCUT2D eigenvalue weighted by Crippen LogP contribution is -2.36. The van der Waals surface area contributed by atoms with Crippen molar-refractivity contribution < 1.29 is 19.5 Å². The first-order chi connectivity index (χ1) is 10.8. The van der Waals surface area contributed by atoms with Crippen molar-refractivity contribution in [3.05, 3.63) is 48.0 Å². The number of fused-ring (bicyclic) bond motifs is 1. The molecule has 1 aliphatic heterocycles. The van der Waals surface area contributed by atoms with Crippen molar-refractivity contribution in [2.75, 3.05) is 0 Å². The zero-order valence-electron chi connectivity index (χ0n) is 13.5. The van der Waals surface area contributed by atoms with Crippen LogP contribution in [-0.2, 0) is 9.57 Å². The fourth-order valence-electron chi connectivity index (χ4n) is 2.70. The van der Waals surface area contributed by atoms with Crippen LogP contribution in [0, 0.1) is 0 Å². The normalized spacial score (nSPS) is 21.7.